The molecule has 1 radical (unpaired) electrons. The molecule has 0 unspecified atom stereocenters. The molecule has 3 rings (SSSR count). The van der Waals surface area contributed by atoms with Crippen LogP contribution in [0.15, 0.2) is 42.9 Å². The van der Waals surface area contributed by atoms with Crippen molar-refractivity contribution >= 4 is 21.7 Å². The van der Waals surface area contributed by atoms with Gasteiger partial charge in [0.15, 0.2) is 0 Å². The Kier molecular flexibility index (Phi) is 1.47. The molecule has 0 saturated heterocycles. The van der Waals surface area contributed by atoms with Gasteiger partial charge < -0.3 is 0 Å². The highest BCUT2D eigenvalue weighted by Gasteiger charge is 1.99. The van der Waals surface area contributed by atoms with Crippen LogP contribution in [-0.2, 0) is 0 Å². The molecule has 0 bridgehead atoms. The summed E-state index contributed by atoms with van der Waals surface area (Å²) in [5.74, 6) is 0. The summed E-state index contributed by atoms with van der Waals surface area (Å²) in [7, 11) is 0. The highest BCUT2D eigenvalue weighted by molar-refractivity contribution is 6.04. The largest absolute Gasteiger partial charge is 0.264 e. The second-order valence-electron chi connectivity index (χ2n) is 3.15. The molecule has 0 fully saturated rings. The number of fused-ring (bicyclic) bond motifs is 3. The molecule has 1 aromatic carbocycles. The van der Waals surface area contributed by atoms with Gasteiger partial charge in [-0.25, -0.2) is 0 Å². The Morgan fingerprint density at radius 1 is 1.07 bits per heavy atom. The smallest absolute Gasteiger partial charge is 0.0787 e. The first-order valence-electron chi connectivity index (χ1n) is 4.44. The van der Waals surface area contributed by atoms with Crippen molar-refractivity contribution in [2.24, 2.45) is 0 Å². The van der Waals surface area contributed by atoms with Crippen LogP contribution in [-0.4, -0.2) is 9.97 Å². The van der Waals surface area contributed by atoms with E-state index in [-0.39, 0.29) is 0 Å². The summed E-state index contributed by atoms with van der Waals surface area (Å²) in [6.07, 6.45) is 5.46. The SMILES string of the molecule is [c]1cccc2c1ncc1cnccc12. The fraction of sp³-hybridized carbons (Fsp3) is 0. The molecule has 0 N–H and O–H groups in total. The lowest BCUT2D eigenvalue weighted by molar-refractivity contribution is 1.35. The van der Waals surface area contributed by atoms with E-state index in [9.17, 15) is 0 Å². The van der Waals surface area contributed by atoms with Gasteiger partial charge in [-0.2, -0.15) is 0 Å². The van der Waals surface area contributed by atoms with Crippen molar-refractivity contribution in [3.05, 3.63) is 48.9 Å². The van der Waals surface area contributed by atoms with Gasteiger partial charge in [-0.3, -0.25) is 9.97 Å². The van der Waals surface area contributed by atoms with Gasteiger partial charge in [0.2, 0.25) is 0 Å². The fourth-order valence-electron chi connectivity index (χ4n) is 1.64. The summed E-state index contributed by atoms with van der Waals surface area (Å²) in [6, 6.07) is 11.0. The zero-order valence-corrected chi connectivity index (χ0v) is 7.44. The molecule has 0 aliphatic carbocycles. The number of benzene rings is 1. The first-order valence-corrected chi connectivity index (χ1v) is 4.44. The number of nitrogens with zero attached hydrogens (tertiary/aromatic N) is 2. The Morgan fingerprint density at radius 2 is 2.07 bits per heavy atom. The van der Waals surface area contributed by atoms with Crippen LogP contribution in [0.2, 0.25) is 0 Å². The molecule has 0 aliphatic heterocycles. The zero-order chi connectivity index (χ0) is 9.38. The van der Waals surface area contributed by atoms with Crippen molar-refractivity contribution in [2.75, 3.05) is 0 Å². The summed E-state index contributed by atoms with van der Waals surface area (Å²) in [5.41, 5.74) is 0.909. The van der Waals surface area contributed by atoms with Gasteiger partial charge in [0.25, 0.3) is 0 Å². The predicted molar refractivity (Wildman–Crippen MR) is 55.9 cm³/mol. The minimum absolute atomic E-state index is 0.909. The van der Waals surface area contributed by atoms with Gasteiger partial charge in [0.1, 0.15) is 0 Å². The molecule has 2 nitrogen and oxygen atoms in total. The van der Waals surface area contributed by atoms with Crippen LogP contribution in [0, 0.1) is 6.07 Å². The molecule has 14 heavy (non-hydrogen) atoms. The topological polar surface area (TPSA) is 25.8 Å². The lowest BCUT2D eigenvalue weighted by Crippen LogP contribution is -1.82. The van der Waals surface area contributed by atoms with Crippen molar-refractivity contribution in [2.45, 2.75) is 0 Å². The lowest BCUT2D eigenvalue weighted by Gasteiger charge is -2.00. The average molecular weight is 179 g/mol. The van der Waals surface area contributed by atoms with Crippen molar-refractivity contribution < 1.29 is 0 Å². The number of pyridine rings is 2. The van der Waals surface area contributed by atoms with Crippen LogP contribution in [0.3, 0.4) is 0 Å². The molecule has 0 spiro atoms. The van der Waals surface area contributed by atoms with Crippen LogP contribution in [0.1, 0.15) is 0 Å². The molecule has 2 heteroatoms. The van der Waals surface area contributed by atoms with Crippen LogP contribution >= 0.6 is 0 Å². The molecular weight excluding hydrogens is 172 g/mol. The Labute approximate surface area is 81.2 Å². The van der Waals surface area contributed by atoms with Crippen LogP contribution in [0.25, 0.3) is 21.7 Å². The van der Waals surface area contributed by atoms with Crippen molar-refractivity contribution in [3.63, 3.8) is 0 Å². The molecule has 2 aromatic heterocycles. The van der Waals surface area contributed by atoms with E-state index < -0.39 is 0 Å². The lowest BCUT2D eigenvalue weighted by atomic mass is 10.1. The normalized spacial score (nSPS) is 10.9. The van der Waals surface area contributed by atoms with E-state index in [1.807, 2.05) is 30.6 Å². The van der Waals surface area contributed by atoms with Crippen LogP contribution < -0.4 is 0 Å². The van der Waals surface area contributed by atoms with Gasteiger partial charge in [-0.1, -0.05) is 18.2 Å². The summed E-state index contributed by atoms with van der Waals surface area (Å²) < 4.78 is 0. The summed E-state index contributed by atoms with van der Waals surface area (Å²) in [4.78, 5) is 8.38. The van der Waals surface area contributed by atoms with Crippen molar-refractivity contribution in [1.82, 2.24) is 9.97 Å². The van der Waals surface area contributed by atoms with E-state index in [0.717, 1.165) is 16.3 Å². The zero-order valence-electron chi connectivity index (χ0n) is 7.44. The highest BCUT2D eigenvalue weighted by Crippen LogP contribution is 2.21. The predicted octanol–water partition coefficient (Wildman–Crippen LogP) is 2.58. The van der Waals surface area contributed by atoms with Gasteiger partial charge in [0.05, 0.1) is 5.52 Å². The van der Waals surface area contributed by atoms with Gasteiger partial charge >= 0.3 is 0 Å². The van der Waals surface area contributed by atoms with E-state index in [0.29, 0.717) is 0 Å². The third-order valence-electron chi connectivity index (χ3n) is 2.31. The Morgan fingerprint density at radius 3 is 3.07 bits per heavy atom. The number of para-hydroxylation sites is 1. The molecule has 3 aromatic rings. The molecule has 0 saturated carbocycles. The first kappa shape index (κ1) is 7.44. The van der Waals surface area contributed by atoms with E-state index in [1.54, 1.807) is 6.20 Å². The maximum Gasteiger partial charge on any atom is 0.0787 e. The average Bonchev–Trinajstić information content (AvgIpc) is 2.29. The molecule has 0 atom stereocenters. The Hall–Kier alpha value is -1.96. The number of aromatic nitrogens is 2. The summed E-state index contributed by atoms with van der Waals surface area (Å²) in [6.45, 7) is 0. The highest BCUT2D eigenvalue weighted by atomic mass is 14.7. The van der Waals surface area contributed by atoms with E-state index >= 15 is 0 Å². The van der Waals surface area contributed by atoms with Gasteiger partial charge in [-0.15, -0.1) is 0 Å². The standard InChI is InChI=1S/C12H7N2/c1-2-4-12-11(3-1)10-5-6-13-7-9(10)8-14-12/h1-3,5-8H. The third-order valence-corrected chi connectivity index (χ3v) is 2.31. The van der Waals surface area contributed by atoms with Gasteiger partial charge in [-0.05, 0) is 11.5 Å². The van der Waals surface area contributed by atoms with Crippen molar-refractivity contribution in [1.29, 1.82) is 0 Å². The van der Waals surface area contributed by atoms with E-state index in [2.05, 4.69) is 22.1 Å². The maximum atomic E-state index is 4.31. The minimum atomic E-state index is 0.909. The third kappa shape index (κ3) is 0.973. The second kappa shape index (κ2) is 2.77. The fourth-order valence-corrected chi connectivity index (χ4v) is 1.64. The number of hydrogen-bond donors (Lipinski definition) is 0. The molecule has 0 aliphatic rings. The van der Waals surface area contributed by atoms with Gasteiger partial charge in [0, 0.05) is 35.4 Å². The number of rotatable bonds is 0. The minimum Gasteiger partial charge on any atom is -0.264 e. The molecule has 2 heterocycles. The summed E-state index contributed by atoms with van der Waals surface area (Å²) >= 11 is 0. The Bertz CT molecular complexity index is 547. The molecule has 0 amide bonds. The molecular formula is C12H7N2. The Balaban J connectivity index is 2.61. The van der Waals surface area contributed by atoms with Crippen molar-refractivity contribution in [3.8, 4) is 0 Å². The second-order valence-corrected chi connectivity index (χ2v) is 3.15. The molecule has 65 valence electrons. The number of hydrogen-bond acceptors (Lipinski definition) is 2. The monoisotopic (exact) mass is 179 g/mol. The van der Waals surface area contributed by atoms with E-state index in [4.69, 9.17) is 0 Å². The van der Waals surface area contributed by atoms with E-state index in [1.165, 1.54) is 5.39 Å². The summed E-state index contributed by atoms with van der Waals surface area (Å²) in [5, 5.41) is 3.38. The maximum absolute atomic E-state index is 4.31. The van der Waals surface area contributed by atoms with Crippen LogP contribution in [0.4, 0.5) is 0 Å². The first-order chi connectivity index (χ1) is 6.95. The van der Waals surface area contributed by atoms with Crippen LogP contribution in [0.5, 0.6) is 0 Å². The quantitative estimate of drug-likeness (QED) is 0.496.